The molecular weight excluding hydrogens is 232 g/mol. The van der Waals surface area contributed by atoms with Gasteiger partial charge in [0.25, 0.3) is 0 Å². The van der Waals surface area contributed by atoms with Gasteiger partial charge in [0, 0.05) is 6.54 Å². The van der Waals surface area contributed by atoms with Crippen LogP contribution in [0.1, 0.15) is 0 Å². The quantitative estimate of drug-likeness (QED) is 0.457. The third-order valence-corrected chi connectivity index (χ3v) is 4.09. The topological polar surface area (TPSA) is 113 Å². The lowest BCUT2D eigenvalue weighted by atomic mass is 10.8. The van der Waals surface area contributed by atoms with Crippen LogP contribution in [-0.2, 0) is 20.0 Å². The molecule has 0 unspecified atom stereocenters. The summed E-state index contributed by atoms with van der Waals surface area (Å²) in [5, 5.41) is 8.36. The van der Waals surface area contributed by atoms with Crippen molar-refractivity contribution in [3.05, 3.63) is 0 Å². The van der Waals surface area contributed by atoms with Crippen LogP contribution in [0.5, 0.6) is 0 Å². The summed E-state index contributed by atoms with van der Waals surface area (Å²) < 4.78 is 47.6. The van der Waals surface area contributed by atoms with Crippen LogP contribution >= 0.6 is 0 Å². The highest BCUT2D eigenvalue weighted by Crippen LogP contribution is 1.85. The van der Waals surface area contributed by atoms with E-state index in [2.05, 4.69) is 0 Å². The molecule has 0 heterocycles. The van der Waals surface area contributed by atoms with E-state index in [0.717, 1.165) is 0 Å². The van der Waals surface area contributed by atoms with E-state index in [1.807, 2.05) is 9.44 Å². The molecule has 0 aromatic heterocycles. The fourth-order valence-electron chi connectivity index (χ4n) is 0.626. The summed E-state index contributed by atoms with van der Waals surface area (Å²) >= 11 is 0. The molecule has 0 aliphatic rings. The van der Waals surface area contributed by atoms with Gasteiger partial charge in [-0.15, -0.1) is 0 Å². The molecule has 14 heavy (non-hydrogen) atoms. The number of rotatable bonds is 7. The number of aliphatic hydroxyl groups excluding tert-OH is 1. The van der Waals surface area contributed by atoms with E-state index in [1.165, 1.54) is 7.05 Å². The van der Waals surface area contributed by atoms with Crippen molar-refractivity contribution in [3.63, 3.8) is 0 Å². The van der Waals surface area contributed by atoms with E-state index in [0.29, 0.717) is 0 Å². The average Bonchev–Trinajstić information content (AvgIpc) is 2.03. The Kier molecular flexibility index (Phi) is 5.52. The maximum Gasteiger partial charge on any atom is 0.213 e. The molecule has 0 bridgehead atoms. The molecule has 0 aromatic rings. The normalized spacial score (nSPS) is 13.0. The molecule has 0 fully saturated rings. The second-order valence-electron chi connectivity index (χ2n) is 2.46. The van der Waals surface area contributed by atoms with Crippen molar-refractivity contribution >= 4 is 20.0 Å². The molecule has 0 rings (SSSR count). The number of hydrogen-bond acceptors (Lipinski definition) is 5. The van der Waals surface area contributed by atoms with Gasteiger partial charge in [0.15, 0.2) is 0 Å². The van der Waals surface area contributed by atoms with Gasteiger partial charge in [-0.2, -0.15) is 0 Å². The van der Waals surface area contributed by atoms with E-state index in [-0.39, 0.29) is 12.3 Å². The second kappa shape index (κ2) is 5.61. The highest BCUT2D eigenvalue weighted by molar-refractivity contribution is 7.90. The lowest BCUT2D eigenvalue weighted by Gasteiger charge is -2.05. The van der Waals surface area contributed by atoms with E-state index in [1.54, 1.807) is 0 Å². The van der Waals surface area contributed by atoms with Crippen LogP contribution < -0.4 is 9.44 Å². The molecule has 0 spiro atoms. The Balaban J connectivity index is 3.98. The first-order valence-corrected chi connectivity index (χ1v) is 7.13. The zero-order valence-electron chi connectivity index (χ0n) is 7.73. The maximum atomic E-state index is 10.9. The third-order valence-electron chi connectivity index (χ3n) is 1.36. The SMILES string of the molecule is CNS(=O)(=O)CCNS(=O)(=O)CCO. The van der Waals surface area contributed by atoms with Gasteiger partial charge < -0.3 is 5.11 Å². The first kappa shape index (κ1) is 13.8. The molecular formula is C5H14N2O5S2. The Hall–Kier alpha value is -0.220. The molecule has 0 aliphatic heterocycles. The van der Waals surface area contributed by atoms with Crippen molar-refractivity contribution in [1.82, 2.24) is 9.44 Å². The summed E-state index contributed by atoms with van der Waals surface area (Å²) in [4.78, 5) is 0. The Bertz CT molecular complexity index is 346. The number of aliphatic hydroxyl groups is 1. The highest BCUT2D eigenvalue weighted by Gasteiger charge is 2.11. The molecule has 0 aromatic carbocycles. The van der Waals surface area contributed by atoms with Crippen LogP contribution in [0.15, 0.2) is 0 Å². The van der Waals surface area contributed by atoms with E-state index < -0.39 is 32.4 Å². The summed E-state index contributed by atoms with van der Waals surface area (Å²) in [5.74, 6) is -0.749. The molecule has 0 amide bonds. The minimum Gasteiger partial charge on any atom is -0.395 e. The molecule has 0 radical (unpaired) electrons. The summed E-state index contributed by atoms with van der Waals surface area (Å²) in [7, 11) is -5.70. The molecule has 0 saturated heterocycles. The van der Waals surface area contributed by atoms with Crippen LogP contribution in [0.4, 0.5) is 0 Å². The molecule has 0 saturated carbocycles. The predicted octanol–water partition coefficient (Wildman–Crippen LogP) is -2.55. The predicted molar refractivity (Wildman–Crippen MR) is 51.7 cm³/mol. The van der Waals surface area contributed by atoms with Gasteiger partial charge in [-0.1, -0.05) is 0 Å². The van der Waals surface area contributed by atoms with Crippen molar-refractivity contribution in [3.8, 4) is 0 Å². The standard InChI is InChI=1S/C5H14N2O5S2/c1-6-13(9,10)4-2-7-14(11,12)5-3-8/h6-8H,2-5H2,1H3. The summed E-state index contributed by atoms with van der Waals surface area (Å²) in [6.45, 7) is -0.695. The van der Waals surface area contributed by atoms with Crippen LogP contribution in [0.25, 0.3) is 0 Å². The van der Waals surface area contributed by atoms with Gasteiger partial charge in [-0.3, -0.25) is 0 Å². The van der Waals surface area contributed by atoms with Crippen molar-refractivity contribution in [2.24, 2.45) is 0 Å². The van der Waals surface area contributed by atoms with Gasteiger partial charge in [-0.05, 0) is 7.05 Å². The minimum atomic E-state index is -3.55. The minimum absolute atomic E-state index is 0.203. The summed E-state index contributed by atoms with van der Waals surface area (Å²) in [6.07, 6.45) is 0. The van der Waals surface area contributed by atoms with Gasteiger partial charge in [0.05, 0.1) is 18.1 Å². The third kappa shape index (κ3) is 6.27. The number of hydrogen-bond donors (Lipinski definition) is 3. The molecule has 7 nitrogen and oxygen atoms in total. The van der Waals surface area contributed by atoms with E-state index in [9.17, 15) is 16.8 Å². The highest BCUT2D eigenvalue weighted by atomic mass is 32.2. The zero-order chi connectivity index (χ0) is 11.2. The van der Waals surface area contributed by atoms with Crippen molar-refractivity contribution < 1.29 is 21.9 Å². The second-order valence-corrected chi connectivity index (χ2v) is 6.43. The molecule has 86 valence electrons. The molecule has 0 aliphatic carbocycles. The van der Waals surface area contributed by atoms with Gasteiger partial charge in [0.2, 0.25) is 20.0 Å². The Morgan fingerprint density at radius 3 is 2.07 bits per heavy atom. The van der Waals surface area contributed by atoms with E-state index >= 15 is 0 Å². The monoisotopic (exact) mass is 246 g/mol. The van der Waals surface area contributed by atoms with E-state index in [4.69, 9.17) is 5.11 Å². The lowest BCUT2D eigenvalue weighted by molar-refractivity contribution is 0.319. The van der Waals surface area contributed by atoms with Crippen molar-refractivity contribution in [1.29, 1.82) is 0 Å². The summed E-state index contributed by atoms with van der Waals surface area (Å²) in [5.41, 5.74) is 0. The largest absolute Gasteiger partial charge is 0.395 e. The van der Waals surface area contributed by atoms with Crippen molar-refractivity contribution in [2.75, 3.05) is 31.7 Å². The fourth-order valence-corrected chi connectivity index (χ4v) is 2.13. The Morgan fingerprint density at radius 1 is 1.07 bits per heavy atom. The van der Waals surface area contributed by atoms with Gasteiger partial charge in [0.1, 0.15) is 0 Å². The van der Waals surface area contributed by atoms with Crippen LogP contribution in [0.2, 0.25) is 0 Å². The first-order valence-electron chi connectivity index (χ1n) is 3.82. The Labute approximate surface area is 83.6 Å². The fraction of sp³-hybridized carbons (Fsp3) is 1.00. The number of sulfonamides is 2. The Morgan fingerprint density at radius 2 is 1.64 bits per heavy atom. The van der Waals surface area contributed by atoms with Crippen LogP contribution in [0, 0.1) is 0 Å². The first-order chi connectivity index (χ1) is 6.33. The molecule has 3 N–H and O–H groups in total. The van der Waals surface area contributed by atoms with Gasteiger partial charge in [-0.25, -0.2) is 26.3 Å². The average molecular weight is 246 g/mol. The van der Waals surface area contributed by atoms with Crippen LogP contribution in [0.3, 0.4) is 0 Å². The van der Waals surface area contributed by atoms with Crippen molar-refractivity contribution in [2.45, 2.75) is 0 Å². The molecule has 9 heteroatoms. The van der Waals surface area contributed by atoms with Crippen LogP contribution in [-0.4, -0.2) is 53.6 Å². The lowest BCUT2D eigenvalue weighted by Crippen LogP contribution is -2.34. The number of nitrogens with one attached hydrogen (secondary N) is 2. The zero-order valence-corrected chi connectivity index (χ0v) is 9.36. The molecule has 0 atom stereocenters. The van der Waals surface area contributed by atoms with Gasteiger partial charge >= 0.3 is 0 Å². The smallest absolute Gasteiger partial charge is 0.213 e. The summed E-state index contributed by atoms with van der Waals surface area (Å²) in [6, 6.07) is 0. The maximum absolute atomic E-state index is 10.9.